The third-order valence-corrected chi connectivity index (χ3v) is 3.63. The number of hydrogen-bond donors (Lipinski definition) is 1. The maximum atomic E-state index is 12.6. The SMILES string of the molecule is CCCN(CCC)c1cc(C(=O)Nc2ccccc2OCC)ncn1. The van der Waals surface area contributed by atoms with Crippen LogP contribution in [-0.4, -0.2) is 35.6 Å². The summed E-state index contributed by atoms with van der Waals surface area (Å²) >= 11 is 0. The Morgan fingerprint density at radius 2 is 1.84 bits per heavy atom. The van der Waals surface area contributed by atoms with Gasteiger partial charge >= 0.3 is 0 Å². The van der Waals surface area contributed by atoms with Crippen LogP contribution in [0.15, 0.2) is 36.7 Å². The molecule has 25 heavy (non-hydrogen) atoms. The van der Waals surface area contributed by atoms with Crippen molar-refractivity contribution in [2.45, 2.75) is 33.6 Å². The minimum atomic E-state index is -0.274. The number of aromatic nitrogens is 2. The zero-order valence-corrected chi connectivity index (χ0v) is 15.2. The van der Waals surface area contributed by atoms with Crippen LogP contribution in [0.2, 0.25) is 0 Å². The summed E-state index contributed by atoms with van der Waals surface area (Å²) in [6, 6.07) is 9.11. The monoisotopic (exact) mass is 342 g/mol. The number of rotatable bonds is 9. The van der Waals surface area contributed by atoms with Crippen molar-refractivity contribution >= 4 is 17.4 Å². The molecule has 0 unspecified atom stereocenters. The maximum absolute atomic E-state index is 12.6. The first-order chi connectivity index (χ1) is 12.2. The summed E-state index contributed by atoms with van der Waals surface area (Å²) in [5.74, 6) is 1.15. The summed E-state index contributed by atoms with van der Waals surface area (Å²) in [5, 5.41) is 2.87. The van der Waals surface area contributed by atoms with E-state index in [2.05, 4.69) is 34.0 Å². The second-order valence-electron chi connectivity index (χ2n) is 5.63. The molecule has 6 nitrogen and oxygen atoms in total. The van der Waals surface area contributed by atoms with E-state index in [0.29, 0.717) is 23.7 Å². The molecule has 0 atom stereocenters. The molecule has 1 amide bonds. The molecule has 0 saturated heterocycles. The van der Waals surface area contributed by atoms with Crippen molar-refractivity contribution in [3.63, 3.8) is 0 Å². The van der Waals surface area contributed by atoms with Crippen molar-refractivity contribution in [3.8, 4) is 5.75 Å². The molecular formula is C19H26N4O2. The highest BCUT2D eigenvalue weighted by Gasteiger charge is 2.14. The van der Waals surface area contributed by atoms with Crippen molar-refractivity contribution < 1.29 is 9.53 Å². The quantitative estimate of drug-likeness (QED) is 0.751. The van der Waals surface area contributed by atoms with Gasteiger partial charge in [-0.15, -0.1) is 0 Å². The second-order valence-corrected chi connectivity index (χ2v) is 5.63. The minimum Gasteiger partial charge on any atom is -0.492 e. The number of carbonyl (C=O) groups excluding carboxylic acids is 1. The third-order valence-electron chi connectivity index (χ3n) is 3.63. The summed E-state index contributed by atoms with van der Waals surface area (Å²) < 4.78 is 5.54. The average Bonchev–Trinajstić information content (AvgIpc) is 2.63. The highest BCUT2D eigenvalue weighted by atomic mass is 16.5. The highest BCUT2D eigenvalue weighted by Crippen LogP contribution is 2.24. The predicted octanol–water partition coefficient (Wildman–Crippen LogP) is 3.75. The summed E-state index contributed by atoms with van der Waals surface area (Å²) in [7, 11) is 0. The van der Waals surface area contributed by atoms with Crippen LogP contribution in [0.4, 0.5) is 11.5 Å². The summed E-state index contributed by atoms with van der Waals surface area (Å²) in [6.07, 6.45) is 3.48. The molecule has 0 saturated carbocycles. The van der Waals surface area contributed by atoms with Gasteiger partial charge in [-0.2, -0.15) is 0 Å². The Kier molecular flexibility index (Phi) is 7.19. The smallest absolute Gasteiger partial charge is 0.274 e. The first-order valence-electron chi connectivity index (χ1n) is 8.79. The number of hydrogen-bond acceptors (Lipinski definition) is 5. The second kappa shape index (κ2) is 9.61. The van der Waals surface area contributed by atoms with Crippen LogP contribution in [0.25, 0.3) is 0 Å². The molecular weight excluding hydrogens is 316 g/mol. The molecule has 0 aliphatic rings. The molecule has 0 aliphatic carbocycles. The van der Waals surface area contributed by atoms with Gasteiger partial charge in [0, 0.05) is 19.2 Å². The van der Waals surface area contributed by atoms with Gasteiger partial charge in [0.05, 0.1) is 12.3 Å². The third kappa shape index (κ3) is 5.17. The largest absolute Gasteiger partial charge is 0.492 e. The molecule has 0 spiro atoms. The normalized spacial score (nSPS) is 10.4. The van der Waals surface area contributed by atoms with E-state index in [1.54, 1.807) is 6.07 Å². The zero-order valence-electron chi connectivity index (χ0n) is 15.2. The van der Waals surface area contributed by atoms with Gasteiger partial charge in [-0.25, -0.2) is 9.97 Å². The molecule has 1 N–H and O–H groups in total. The predicted molar refractivity (Wildman–Crippen MR) is 100 cm³/mol. The maximum Gasteiger partial charge on any atom is 0.274 e. The molecule has 2 rings (SSSR count). The highest BCUT2D eigenvalue weighted by molar-refractivity contribution is 6.04. The van der Waals surface area contributed by atoms with Gasteiger partial charge < -0.3 is 15.0 Å². The first kappa shape index (κ1) is 18.7. The first-order valence-corrected chi connectivity index (χ1v) is 8.79. The van der Waals surface area contributed by atoms with E-state index in [-0.39, 0.29) is 5.91 Å². The van der Waals surface area contributed by atoms with Gasteiger partial charge in [0.25, 0.3) is 5.91 Å². The average molecular weight is 342 g/mol. The Morgan fingerprint density at radius 3 is 2.52 bits per heavy atom. The number of benzene rings is 1. The van der Waals surface area contributed by atoms with Gasteiger partial charge in [-0.1, -0.05) is 26.0 Å². The number of amides is 1. The molecule has 0 radical (unpaired) electrons. The summed E-state index contributed by atoms with van der Waals surface area (Å²) in [5.41, 5.74) is 0.974. The molecule has 1 aromatic heterocycles. The molecule has 134 valence electrons. The van der Waals surface area contributed by atoms with Crippen LogP contribution in [0.1, 0.15) is 44.1 Å². The lowest BCUT2D eigenvalue weighted by Gasteiger charge is -2.22. The number of nitrogens with one attached hydrogen (secondary N) is 1. The summed E-state index contributed by atoms with van der Waals surface area (Å²) in [6.45, 7) is 8.50. The fourth-order valence-electron chi connectivity index (χ4n) is 2.56. The molecule has 0 aliphatic heterocycles. The van der Waals surface area contributed by atoms with Crippen molar-refractivity contribution in [1.82, 2.24) is 9.97 Å². The lowest BCUT2D eigenvalue weighted by molar-refractivity contribution is 0.102. The van der Waals surface area contributed by atoms with E-state index >= 15 is 0 Å². The number of nitrogens with zero attached hydrogens (tertiary/aromatic N) is 3. The van der Waals surface area contributed by atoms with Crippen molar-refractivity contribution in [2.75, 3.05) is 29.9 Å². The Morgan fingerprint density at radius 1 is 1.12 bits per heavy atom. The van der Waals surface area contributed by atoms with Gasteiger partial charge in [-0.3, -0.25) is 4.79 Å². The fraction of sp³-hybridized carbons (Fsp3) is 0.421. The minimum absolute atomic E-state index is 0.274. The molecule has 6 heteroatoms. The van der Waals surface area contributed by atoms with Crippen LogP contribution in [0.3, 0.4) is 0 Å². The number of anilines is 2. The number of para-hydroxylation sites is 2. The van der Waals surface area contributed by atoms with Crippen molar-refractivity contribution in [2.24, 2.45) is 0 Å². The molecule has 2 aromatic rings. The van der Waals surface area contributed by atoms with E-state index < -0.39 is 0 Å². The van der Waals surface area contributed by atoms with Crippen molar-refractivity contribution in [1.29, 1.82) is 0 Å². The van der Waals surface area contributed by atoms with Crippen LogP contribution >= 0.6 is 0 Å². The van der Waals surface area contributed by atoms with Crippen LogP contribution in [0, 0.1) is 0 Å². The van der Waals surface area contributed by atoms with Crippen LogP contribution in [0.5, 0.6) is 5.75 Å². The standard InChI is InChI=1S/C19H26N4O2/c1-4-11-23(12-5-2)18-13-16(20-14-21-18)19(24)22-15-9-7-8-10-17(15)25-6-3/h7-10,13-14H,4-6,11-12H2,1-3H3,(H,22,24). The van der Waals surface area contributed by atoms with E-state index in [4.69, 9.17) is 4.74 Å². The van der Waals surface area contributed by atoms with Gasteiger partial charge in [0.1, 0.15) is 23.6 Å². The summed E-state index contributed by atoms with van der Waals surface area (Å²) in [4.78, 5) is 23.2. The van der Waals surface area contributed by atoms with Crippen LogP contribution in [-0.2, 0) is 0 Å². The van der Waals surface area contributed by atoms with Gasteiger partial charge in [-0.05, 0) is 31.9 Å². The van der Waals surface area contributed by atoms with Gasteiger partial charge in [0.15, 0.2) is 0 Å². The van der Waals surface area contributed by atoms with Crippen LogP contribution < -0.4 is 15.0 Å². The van der Waals surface area contributed by atoms with E-state index in [0.717, 1.165) is 31.7 Å². The Hall–Kier alpha value is -2.63. The van der Waals surface area contributed by atoms with Gasteiger partial charge in [0.2, 0.25) is 0 Å². The number of ether oxygens (including phenoxy) is 1. The Balaban J connectivity index is 2.18. The lowest BCUT2D eigenvalue weighted by atomic mass is 10.2. The van der Waals surface area contributed by atoms with Crippen molar-refractivity contribution in [3.05, 3.63) is 42.4 Å². The molecule has 0 bridgehead atoms. The topological polar surface area (TPSA) is 67.4 Å². The zero-order chi connectivity index (χ0) is 18.1. The number of carbonyl (C=O) groups is 1. The fourth-order valence-corrected chi connectivity index (χ4v) is 2.56. The van der Waals surface area contributed by atoms with E-state index in [1.165, 1.54) is 6.33 Å². The van der Waals surface area contributed by atoms with E-state index in [9.17, 15) is 4.79 Å². The molecule has 1 aromatic carbocycles. The Bertz CT molecular complexity index is 685. The molecule has 1 heterocycles. The van der Waals surface area contributed by atoms with E-state index in [1.807, 2.05) is 31.2 Å². The lowest BCUT2D eigenvalue weighted by Crippen LogP contribution is -2.26. The Labute approximate surface area is 149 Å². The molecule has 0 fully saturated rings.